The molecule has 0 spiro atoms. The highest BCUT2D eigenvalue weighted by atomic mass is 16.3. The van der Waals surface area contributed by atoms with Crippen molar-refractivity contribution in [2.24, 2.45) is 0 Å². The summed E-state index contributed by atoms with van der Waals surface area (Å²) < 4.78 is 0. The molecule has 0 saturated carbocycles. The van der Waals surface area contributed by atoms with E-state index in [1.165, 1.54) is 28.7 Å². The molecule has 0 bridgehead atoms. The molecule has 0 saturated heterocycles. The fourth-order valence-electron chi connectivity index (χ4n) is 2.75. The fourth-order valence-corrected chi connectivity index (χ4v) is 2.75. The van der Waals surface area contributed by atoms with Crippen molar-refractivity contribution in [1.29, 1.82) is 0 Å². The second kappa shape index (κ2) is 4.42. The maximum absolute atomic E-state index is 10.4. The van der Waals surface area contributed by atoms with Crippen molar-refractivity contribution in [1.82, 2.24) is 0 Å². The third-order valence-electron chi connectivity index (χ3n) is 3.44. The number of aryl methyl sites for hydroxylation is 3. The molecule has 0 heterocycles. The number of hydrogen-bond donors (Lipinski definition) is 1. The molecule has 2 rings (SSSR count). The quantitative estimate of drug-likeness (QED) is 0.746. The number of allylic oxidation sites excluding steroid dienone is 1. The van der Waals surface area contributed by atoms with Crippen LogP contribution in [0.4, 0.5) is 0 Å². The van der Waals surface area contributed by atoms with Gasteiger partial charge >= 0.3 is 0 Å². The summed E-state index contributed by atoms with van der Waals surface area (Å²) in [4.78, 5) is 0. The Kier molecular flexibility index (Phi) is 3.15. The average Bonchev–Trinajstić information content (AvgIpc) is 2.67. The normalized spacial score (nSPS) is 17.4. The summed E-state index contributed by atoms with van der Waals surface area (Å²) in [6.45, 7) is 6.28. The lowest BCUT2D eigenvalue weighted by Crippen LogP contribution is -2.05. The Morgan fingerprint density at radius 1 is 1.12 bits per heavy atom. The molecule has 16 heavy (non-hydrogen) atoms. The first kappa shape index (κ1) is 11.4. The molecule has 1 aliphatic rings. The van der Waals surface area contributed by atoms with Gasteiger partial charge in [-0.15, -0.1) is 0 Å². The second-order valence-corrected chi connectivity index (χ2v) is 4.89. The number of aliphatic hydroxyl groups is 1. The Bertz CT molecular complexity index is 406. The first-order valence-corrected chi connectivity index (χ1v) is 6.04. The summed E-state index contributed by atoms with van der Waals surface area (Å²) in [7, 11) is 0. The van der Waals surface area contributed by atoms with Crippen molar-refractivity contribution in [3.63, 3.8) is 0 Å². The Morgan fingerprint density at radius 3 is 2.25 bits per heavy atom. The van der Waals surface area contributed by atoms with E-state index in [1.54, 1.807) is 0 Å². The van der Waals surface area contributed by atoms with Gasteiger partial charge in [0, 0.05) is 0 Å². The number of hydrogen-bond acceptors (Lipinski definition) is 1. The molecular formula is C15H20O. The largest absolute Gasteiger partial charge is 0.384 e. The van der Waals surface area contributed by atoms with Gasteiger partial charge in [-0.3, -0.25) is 0 Å². The van der Waals surface area contributed by atoms with Crippen molar-refractivity contribution in [3.05, 3.63) is 46.0 Å². The van der Waals surface area contributed by atoms with Crippen LogP contribution in [0.2, 0.25) is 0 Å². The van der Waals surface area contributed by atoms with E-state index >= 15 is 0 Å². The molecule has 0 radical (unpaired) electrons. The van der Waals surface area contributed by atoms with Crippen LogP contribution in [0.25, 0.3) is 0 Å². The molecule has 0 aromatic heterocycles. The van der Waals surface area contributed by atoms with Gasteiger partial charge in [0.05, 0.1) is 0 Å². The predicted molar refractivity (Wildman–Crippen MR) is 67.5 cm³/mol. The maximum Gasteiger partial charge on any atom is 0.101 e. The molecule has 1 atom stereocenters. The first-order chi connectivity index (χ1) is 7.59. The maximum atomic E-state index is 10.4. The highest BCUT2D eigenvalue weighted by Gasteiger charge is 2.19. The van der Waals surface area contributed by atoms with E-state index in [-0.39, 0.29) is 6.10 Å². The van der Waals surface area contributed by atoms with Crippen molar-refractivity contribution < 1.29 is 5.11 Å². The molecule has 1 unspecified atom stereocenters. The van der Waals surface area contributed by atoms with Crippen molar-refractivity contribution in [3.8, 4) is 0 Å². The molecule has 1 aromatic carbocycles. The van der Waals surface area contributed by atoms with Gasteiger partial charge in [-0.2, -0.15) is 0 Å². The van der Waals surface area contributed by atoms with Gasteiger partial charge in [-0.25, -0.2) is 0 Å². The average molecular weight is 216 g/mol. The standard InChI is InChI=1S/C15H20O/c1-10-8-11(2)14(12(3)9-10)15(16)13-6-4-5-7-13/h6,8-9,15-16H,4-5,7H2,1-3H3. The highest BCUT2D eigenvalue weighted by Crippen LogP contribution is 2.34. The lowest BCUT2D eigenvalue weighted by molar-refractivity contribution is 0.211. The zero-order valence-corrected chi connectivity index (χ0v) is 10.4. The monoisotopic (exact) mass is 216 g/mol. The molecule has 0 amide bonds. The van der Waals surface area contributed by atoms with Gasteiger partial charge < -0.3 is 5.11 Å². The molecule has 0 aliphatic heterocycles. The summed E-state index contributed by atoms with van der Waals surface area (Å²) >= 11 is 0. The highest BCUT2D eigenvalue weighted by molar-refractivity contribution is 5.42. The van der Waals surface area contributed by atoms with Gasteiger partial charge in [-0.05, 0) is 62.3 Å². The van der Waals surface area contributed by atoms with Crippen molar-refractivity contribution >= 4 is 0 Å². The first-order valence-electron chi connectivity index (χ1n) is 6.04. The fraction of sp³-hybridized carbons (Fsp3) is 0.467. The van der Waals surface area contributed by atoms with Gasteiger partial charge in [-0.1, -0.05) is 23.8 Å². The Labute approximate surface area is 97.8 Å². The third kappa shape index (κ3) is 2.05. The number of benzene rings is 1. The van der Waals surface area contributed by atoms with Crippen LogP contribution in [-0.2, 0) is 0 Å². The zero-order valence-electron chi connectivity index (χ0n) is 10.4. The van der Waals surface area contributed by atoms with Crippen molar-refractivity contribution in [2.45, 2.75) is 46.1 Å². The smallest absolute Gasteiger partial charge is 0.101 e. The van der Waals surface area contributed by atoms with E-state index in [2.05, 4.69) is 39.0 Å². The van der Waals surface area contributed by atoms with E-state index < -0.39 is 0 Å². The Balaban J connectivity index is 2.39. The van der Waals surface area contributed by atoms with Crippen LogP contribution in [0.5, 0.6) is 0 Å². The molecule has 1 N–H and O–H groups in total. The lowest BCUT2D eigenvalue weighted by Gasteiger charge is -2.18. The topological polar surface area (TPSA) is 20.2 Å². The third-order valence-corrected chi connectivity index (χ3v) is 3.44. The molecule has 1 nitrogen and oxygen atoms in total. The molecule has 86 valence electrons. The van der Waals surface area contributed by atoms with E-state index in [9.17, 15) is 5.11 Å². The molecule has 0 fully saturated rings. The number of rotatable bonds is 2. The summed E-state index contributed by atoms with van der Waals surface area (Å²) in [6, 6.07) is 4.31. The minimum absolute atomic E-state index is 0.386. The van der Waals surface area contributed by atoms with Crippen molar-refractivity contribution in [2.75, 3.05) is 0 Å². The van der Waals surface area contributed by atoms with Gasteiger partial charge in [0.25, 0.3) is 0 Å². The van der Waals surface area contributed by atoms with Crippen LogP contribution in [0, 0.1) is 20.8 Å². The summed E-state index contributed by atoms with van der Waals surface area (Å²) in [5.74, 6) is 0. The molecule has 1 aromatic rings. The van der Waals surface area contributed by atoms with E-state index in [4.69, 9.17) is 0 Å². The SMILES string of the molecule is Cc1cc(C)c(C(O)C2=CCCC2)c(C)c1. The van der Waals surface area contributed by atoms with E-state index in [0.717, 1.165) is 18.4 Å². The van der Waals surface area contributed by atoms with E-state index in [1.807, 2.05) is 0 Å². The van der Waals surface area contributed by atoms with Gasteiger partial charge in [0.1, 0.15) is 6.10 Å². The van der Waals surface area contributed by atoms with Crippen LogP contribution < -0.4 is 0 Å². The summed E-state index contributed by atoms with van der Waals surface area (Å²) in [6.07, 6.45) is 5.17. The minimum Gasteiger partial charge on any atom is -0.384 e. The lowest BCUT2D eigenvalue weighted by atomic mass is 9.91. The van der Waals surface area contributed by atoms with Crippen LogP contribution in [0.1, 0.15) is 47.6 Å². The van der Waals surface area contributed by atoms with Crippen LogP contribution in [-0.4, -0.2) is 5.11 Å². The van der Waals surface area contributed by atoms with E-state index in [0.29, 0.717) is 0 Å². The van der Waals surface area contributed by atoms with Crippen LogP contribution in [0.15, 0.2) is 23.8 Å². The summed E-state index contributed by atoms with van der Waals surface area (Å²) in [5.41, 5.74) is 6.00. The second-order valence-electron chi connectivity index (χ2n) is 4.89. The molecule has 1 aliphatic carbocycles. The minimum atomic E-state index is -0.386. The predicted octanol–water partition coefficient (Wildman–Crippen LogP) is 3.76. The summed E-state index contributed by atoms with van der Waals surface area (Å²) in [5, 5.41) is 10.4. The van der Waals surface area contributed by atoms with Crippen LogP contribution >= 0.6 is 0 Å². The Morgan fingerprint density at radius 2 is 1.75 bits per heavy atom. The Hall–Kier alpha value is -1.08. The van der Waals surface area contributed by atoms with Gasteiger partial charge in [0.15, 0.2) is 0 Å². The number of aliphatic hydroxyl groups excluding tert-OH is 1. The van der Waals surface area contributed by atoms with Crippen LogP contribution in [0.3, 0.4) is 0 Å². The van der Waals surface area contributed by atoms with Gasteiger partial charge in [0.2, 0.25) is 0 Å². The molecular weight excluding hydrogens is 196 g/mol. The molecule has 1 heteroatoms. The zero-order chi connectivity index (χ0) is 11.7.